The van der Waals surface area contributed by atoms with E-state index in [0.29, 0.717) is 6.04 Å². The molecule has 1 aromatic carbocycles. The first-order valence-corrected chi connectivity index (χ1v) is 8.21. The maximum absolute atomic E-state index is 3.71. The Hall–Kier alpha value is -0.820. The number of benzene rings is 1. The molecule has 0 aliphatic heterocycles. The minimum Gasteiger partial charge on any atom is -0.314 e. The van der Waals surface area contributed by atoms with E-state index in [1.54, 1.807) is 11.1 Å². The largest absolute Gasteiger partial charge is 0.314 e. The van der Waals surface area contributed by atoms with E-state index in [9.17, 15) is 0 Å². The molecule has 1 nitrogen and oxygen atoms in total. The lowest BCUT2D eigenvalue weighted by Crippen LogP contribution is -2.37. The van der Waals surface area contributed by atoms with Gasteiger partial charge in [0.05, 0.1) is 0 Å². The number of nitrogens with one attached hydrogen (secondary N) is 1. The van der Waals surface area contributed by atoms with Gasteiger partial charge in [-0.3, -0.25) is 0 Å². The predicted molar refractivity (Wildman–Crippen MR) is 81.7 cm³/mol. The molecule has 3 rings (SSSR count). The molecule has 2 aliphatic carbocycles. The third-order valence-corrected chi connectivity index (χ3v) is 5.15. The zero-order valence-corrected chi connectivity index (χ0v) is 12.2. The third kappa shape index (κ3) is 2.86. The van der Waals surface area contributed by atoms with E-state index in [1.807, 2.05) is 0 Å². The van der Waals surface area contributed by atoms with E-state index in [1.165, 1.54) is 44.9 Å². The highest BCUT2D eigenvalue weighted by atomic mass is 14.9. The van der Waals surface area contributed by atoms with Crippen molar-refractivity contribution < 1.29 is 0 Å². The predicted octanol–water partition coefficient (Wildman–Crippen LogP) is 4.59. The van der Waals surface area contributed by atoms with E-state index < -0.39 is 0 Å². The van der Waals surface area contributed by atoms with Gasteiger partial charge in [-0.2, -0.15) is 0 Å². The Kier molecular flexibility index (Phi) is 4.22. The zero-order chi connectivity index (χ0) is 13.1. The average molecular weight is 257 g/mol. The summed E-state index contributed by atoms with van der Waals surface area (Å²) in [5.74, 6) is 1.61. The molecule has 2 aliphatic rings. The van der Waals surface area contributed by atoms with E-state index in [2.05, 4.69) is 36.5 Å². The van der Waals surface area contributed by atoms with Crippen LogP contribution in [0.1, 0.15) is 74.8 Å². The van der Waals surface area contributed by atoms with Gasteiger partial charge in [-0.25, -0.2) is 0 Å². The van der Waals surface area contributed by atoms with E-state index in [-0.39, 0.29) is 0 Å². The van der Waals surface area contributed by atoms with Gasteiger partial charge in [0.2, 0.25) is 0 Å². The van der Waals surface area contributed by atoms with Gasteiger partial charge in [0.15, 0.2) is 0 Å². The molecule has 19 heavy (non-hydrogen) atoms. The molecule has 2 saturated carbocycles. The normalized spacial score (nSPS) is 28.1. The summed E-state index contributed by atoms with van der Waals surface area (Å²) in [4.78, 5) is 0. The molecule has 0 aromatic heterocycles. The fraction of sp³-hybridized carbons (Fsp3) is 0.667. The molecule has 2 unspecified atom stereocenters. The van der Waals surface area contributed by atoms with Gasteiger partial charge in [0.1, 0.15) is 0 Å². The minimum atomic E-state index is 0.704. The molecular formula is C18H27N. The quantitative estimate of drug-likeness (QED) is 0.832. The van der Waals surface area contributed by atoms with Crippen molar-refractivity contribution in [1.82, 2.24) is 5.32 Å². The van der Waals surface area contributed by atoms with Crippen molar-refractivity contribution in [3.63, 3.8) is 0 Å². The summed E-state index contributed by atoms with van der Waals surface area (Å²) in [7, 11) is 0. The zero-order valence-electron chi connectivity index (χ0n) is 12.2. The van der Waals surface area contributed by atoms with Crippen molar-refractivity contribution in [2.45, 2.75) is 69.7 Å². The molecule has 0 heterocycles. The molecule has 2 fully saturated rings. The van der Waals surface area contributed by atoms with E-state index in [4.69, 9.17) is 0 Å². The number of hydrogen-bond donors (Lipinski definition) is 1. The first-order chi connectivity index (χ1) is 9.38. The van der Waals surface area contributed by atoms with Crippen molar-refractivity contribution in [2.75, 3.05) is 6.54 Å². The molecule has 1 heteroatoms. The second-order valence-corrected chi connectivity index (χ2v) is 6.35. The smallest absolute Gasteiger partial charge is 0.0136 e. The van der Waals surface area contributed by atoms with E-state index in [0.717, 1.165) is 18.4 Å². The number of likely N-dealkylation sites (N-methyl/N-ethyl adjacent to an activating group) is 1. The highest BCUT2D eigenvalue weighted by molar-refractivity contribution is 5.31. The Morgan fingerprint density at radius 2 is 1.79 bits per heavy atom. The Labute approximate surface area is 117 Å². The summed E-state index contributed by atoms with van der Waals surface area (Å²) < 4.78 is 0. The Morgan fingerprint density at radius 1 is 1.00 bits per heavy atom. The second kappa shape index (κ2) is 6.09. The summed E-state index contributed by atoms with van der Waals surface area (Å²) >= 11 is 0. The molecule has 1 aromatic rings. The summed E-state index contributed by atoms with van der Waals surface area (Å²) in [6.07, 6.45) is 9.77. The lowest BCUT2D eigenvalue weighted by atomic mass is 9.76. The number of rotatable bonds is 4. The van der Waals surface area contributed by atoms with Gasteiger partial charge in [-0.15, -0.1) is 0 Å². The third-order valence-electron chi connectivity index (χ3n) is 5.15. The van der Waals surface area contributed by atoms with Crippen LogP contribution in [0, 0.1) is 0 Å². The molecule has 0 spiro atoms. The van der Waals surface area contributed by atoms with E-state index >= 15 is 0 Å². The Balaban J connectivity index is 1.78. The lowest BCUT2D eigenvalue weighted by Gasteiger charge is -2.33. The van der Waals surface area contributed by atoms with Crippen molar-refractivity contribution in [3.05, 3.63) is 35.4 Å². The molecule has 0 radical (unpaired) electrons. The Bertz CT molecular complexity index is 406. The molecular weight excluding hydrogens is 230 g/mol. The van der Waals surface area contributed by atoms with Crippen LogP contribution < -0.4 is 5.32 Å². The fourth-order valence-corrected chi connectivity index (χ4v) is 3.82. The van der Waals surface area contributed by atoms with Crippen LogP contribution in [-0.4, -0.2) is 12.6 Å². The van der Waals surface area contributed by atoms with Crippen LogP contribution in [0.2, 0.25) is 0 Å². The maximum atomic E-state index is 3.71. The van der Waals surface area contributed by atoms with Crippen molar-refractivity contribution in [1.29, 1.82) is 0 Å². The number of hydrogen-bond acceptors (Lipinski definition) is 1. The van der Waals surface area contributed by atoms with Gasteiger partial charge in [-0.1, -0.05) is 50.5 Å². The van der Waals surface area contributed by atoms with Crippen LogP contribution in [-0.2, 0) is 0 Å². The van der Waals surface area contributed by atoms with Gasteiger partial charge in [0, 0.05) is 6.04 Å². The topological polar surface area (TPSA) is 12.0 Å². The van der Waals surface area contributed by atoms with Crippen LogP contribution in [0.3, 0.4) is 0 Å². The molecule has 104 valence electrons. The first-order valence-electron chi connectivity index (χ1n) is 8.21. The first kappa shape index (κ1) is 13.2. The van der Waals surface area contributed by atoms with Gasteiger partial charge >= 0.3 is 0 Å². The average Bonchev–Trinajstić information content (AvgIpc) is 2.38. The van der Waals surface area contributed by atoms with Crippen LogP contribution in [0.5, 0.6) is 0 Å². The van der Waals surface area contributed by atoms with Crippen molar-refractivity contribution in [3.8, 4) is 0 Å². The van der Waals surface area contributed by atoms with Gasteiger partial charge in [-0.05, 0) is 55.2 Å². The summed E-state index contributed by atoms with van der Waals surface area (Å²) in [6, 6.07) is 10.2. The highest BCUT2D eigenvalue weighted by Crippen LogP contribution is 2.39. The monoisotopic (exact) mass is 257 g/mol. The van der Waals surface area contributed by atoms with Crippen LogP contribution >= 0.6 is 0 Å². The van der Waals surface area contributed by atoms with Crippen LogP contribution in [0.4, 0.5) is 0 Å². The van der Waals surface area contributed by atoms with Crippen LogP contribution in [0.15, 0.2) is 24.3 Å². The molecule has 0 bridgehead atoms. The van der Waals surface area contributed by atoms with Gasteiger partial charge < -0.3 is 5.32 Å². The maximum Gasteiger partial charge on any atom is 0.0136 e. The van der Waals surface area contributed by atoms with Gasteiger partial charge in [0.25, 0.3) is 0 Å². The second-order valence-electron chi connectivity index (χ2n) is 6.35. The summed E-state index contributed by atoms with van der Waals surface area (Å²) in [5, 5.41) is 3.71. The molecule has 1 N–H and O–H groups in total. The molecule has 0 amide bonds. The summed E-state index contributed by atoms with van der Waals surface area (Å²) in [6.45, 7) is 3.33. The molecule has 0 saturated heterocycles. The standard InChI is InChI=1S/C18H27N/c1-2-19-18-12-4-3-11-17(18)16-10-6-9-15(13-16)14-7-5-8-14/h6,9-10,13-14,17-19H,2-5,7-8,11-12H2,1H3. The fourth-order valence-electron chi connectivity index (χ4n) is 3.82. The Morgan fingerprint density at radius 3 is 2.53 bits per heavy atom. The lowest BCUT2D eigenvalue weighted by molar-refractivity contribution is 0.332. The minimum absolute atomic E-state index is 0.704. The van der Waals surface area contributed by atoms with Crippen molar-refractivity contribution >= 4 is 0 Å². The molecule has 2 atom stereocenters. The van der Waals surface area contributed by atoms with Crippen molar-refractivity contribution in [2.24, 2.45) is 0 Å². The highest BCUT2D eigenvalue weighted by Gasteiger charge is 2.27. The SMILES string of the molecule is CCNC1CCCCC1c1cccc(C2CCC2)c1. The van der Waals surface area contributed by atoms with Crippen LogP contribution in [0.25, 0.3) is 0 Å². The summed E-state index contributed by atoms with van der Waals surface area (Å²) in [5.41, 5.74) is 3.19.